The highest BCUT2D eigenvalue weighted by atomic mass is 32.2. The van der Waals surface area contributed by atoms with E-state index in [1.54, 1.807) is 0 Å². The fourth-order valence-electron chi connectivity index (χ4n) is 1.86. The fourth-order valence-corrected chi connectivity index (χ4v) is 3.22. The molecule has 0 aromatic rings. The Labute approximate surface area is 108 Å². The molecule has 0 N–H and O–H groups in total. The molecule has 0 spiro atoms. The summed E-state index contributed by atoms with van der Waals surface area (Å²) in [5, 5.41) is 0. The van der Waals surface area contributed by atoms with Gasteiger partial charge < -0.3 is 9.47 Å². The van der Waals surface area contributed by atoms with Crippen LogP contribution in [0.25, 0.3) is 0 Å². The molecule has 0 aromatic carbocycles. The maximum absolute atomic E-state index is 11.6. The van der Waals surface area contributed by atoms with Gasteiger partial charge in [-0.1, -0.05) is 6.92 Å². The predicted octanol–water partition coefficient (Wildman–Crippen LogP) is -0.315. The molecule has 1 fully saturated rings. The van der Waals surface area contributed by atoms with E-state index in [0.29, 0.717) is 32.7 Å². The molecule has 1 aliphatic rings. The second kappa shape index (κ2) is 7.06. The van der Waals surface area contributed by atoms with Gasteiger partial charge in [0, 0.05) is 25.4 Å². The van der Waals surface area contributed by atoms with Crippen molar-refractivity contribution in [2.24, 2.45) is 0 Å². The van der Waals surface area contributed by atoms with Gasteiger partial charge in [-0.2, -0.15) is 0 Å². The molecule has 1 heterocycles. The molecule has 7 heteroatoms. The zero-order valence-electron chi connectivity index (χ0n) is 10.9. The van der Waals surface area contributed by atoms with Crippen LogP contribution in [0, 0.1) is 0 Å². The number of nitrogens with zero attached hydrogens (tertiary/aromatic N) is 1. The summed E-state index contributed by atoms with van der Waals surface area (Å²) in [6.45, 7) is 3.76. The van der Waals surface area contributed by atoms with Crippen LogP contribution >= 0.6 is 0 Å². The Bertz CT molecular complexity index is 368. The van der Waals surface area contributed by atoms with Gasteiger partial charge in [-0.15, -0.1) is 0 Å². The second-order valence-electron chi connectivity index (χ2n) is 4.34. The summed E-state index contributed by atoms with van der Waals surface area (Å²) in [6, 6.07) is 0. The van der Waals surface area contributed by atoms with Gasteiger partial charge in [0.05, 0.1) is 19.5 Å². The molecule has 0 saturated carbocycles. The first-order valence-electron chi connectivity index (χ1n) is 6.10. The molecule has 18 heavy (non-hydrogen) atoms. The van der Waals surface area contributed by atoms with E-state index in [-0.39, 0.29) is 11.5 Å². The average Bonchev–Trinajstić information content (AvgIpc) is 2.36. The van der Waals surface area contributed by atoms with Crippen molar-refractivity contribution >= 4 is 15.8 Å². The molecule has 106 valence electrons. The molecule has 1 saturated heterocycles. The lowest BCUT2D eigenvalue weighted by atomic mass is 10.3. The lowest BCUT2D eigenvalue weighted by Crippen LogP contribution is -2.47. The maximum Gasteiger partial charge on any atom is 0.336 e. The number of morpholine rings is 1. The largest absolute Gasteiger partial charge is 0.467 e. The Kier molecular flexibility index (Phi) is 6.04. The maximum atomic E-state index is 11.6. The average molecular weight is 279 g/mol. The van der Waals surface area contributed by atoms with Crippen LogP contribution in [0.5, 0.6) is 0 Å². The van der Waals surface area contributed by atoms with E-state index in [2.05, 4.69) is 4.74 Å². The molecular formula is C11H21NO5S. The van der Waals surface area contributed by atoms with Crippen LogP contribution in [0.1, 0.15) is 13.3 Å². The Hall–Kier alpha value is -0.660. The third-order valence-electron chi connectivity index (χ3n) is 2.85. The van der Waals surface area contributed by atoms with E-state index in [1.165, 1.54) is 7.11 Å². The minimum absolute atomic E-state index is 0.134. The number of carbonyl (C=O) groups is 1. The van der Waals surface area contributed by atoms with E-state index in [0.717, 1.165) is 0 Å². The minimum Gasteiger partial charge on any atom is -0.467 e. The molecular weight excluding hydrogens is 258 g/mol. The standard InChI is InChI=1S/C11H21NO5S/c1-3-7-18(14,15)8-5-12-4-6-17-10(9-12)11(13)16-2/h10H,3-9H2,1-2H3. The summed E-state index contributed by atoms with van der Waals surface area (Å²) in [5.74, 6) is -0.0527. The smallest absolute Gasteiger partial charge is 0.336 e. The lowest BCUT2D eigenvalue weighted by molar-refractivity contribution is -0.159. The van der Waals surface area contributed by atoms with Crippen molar-refractivity contribution in [2.45, 2.75) is 19.4 Å². The molecule has 1 atom stereocenters. The SMILES string of the molecule is CCCS(=O)(=O)CCN1CCOC(C(=O)OC)C1. The number of hydrogen-bond donors (Lipinski definition) is 0. The third-order valence-corrected chi connectivity index (χ3v) is 4.68. The molecule has 1 aliphatic heterocycles. The molecule has 1 unspecified atom stereocenters. The molecule has 0 aliphatic carbocycles. The Balaban J connectivity index is 2.41. The van der Waals surface area contributed by atoms with Crippen LogP contribution in [-0.4, -0.2) is 70.2 Å². The number of sulfone groups is 1. The van der Waals surface area contributed by atoms with Crippen molar-refractivity contribution in [3.8, 4) is 0 Å². The lowest BCUT2D eigenvalue weighted by Gasteiger charge is -2.31. The van der Waals surface area contributed by atoms with E-state index < -0.39 is 21.9 Å². The normalized spacial score (nSPS) is 21.8. The zero-order chi connectivity index (χ0) is 13.6. The predicted molar refractivity (Wildman–Crippen MR) is 67.1 cm³/mol. The van der Waals surface area contributed by atoms with Gasteiger partial charge in [0.25, 0.3) is 0 Å². The van der Waals surface area contributed by atoms with Gasteiger partial charge in [0.15, 0.2) is 15.9 Å². The highest BCUT2D eigenvalue weighted by Crippen LogP contribution is 2.07. The first-order valence-corrected chi connectivity index (χ1v) is 7.93. The summed E-state index contributed by atoms with van der Waals surface area (Å²) >= 11 is 0. The Morgan fingerprint density at radius 2 is 2.17 bits per heavy atom. The van der Waals surface area contributed by atoms with Crippen molar-refractivity contribution < 1.29 is 22.7 Å². The number of carbonyl (C=O) groups excluding carboxylic acids is 1. The Morgan fingerprint density at radius 3 is 2.78 bits per heavy atom. The van der Waals surface area contributed by atoms with Crippen LogP contribution in [-0.2, 0) is 24.1 Å². The molecule has 1 rings (SSSR count). The third kappa shape index (κ3) is 4.91. The number of ether oxygens (including phenoxy) is 2. The van der Waals surface area contributed by atoms with Crippen LogP contribution in [0.2, 0.25) is 0 Å². The van der Waals surface area contributed by atoms with E-state index >= 15 is 0 Å². The van der Waals surface area contributed by atoms with Crippen molar-refractivity contribution in [3.63, 3.8) is 0 Å². The summed E-state index contributed by atoms with van der Waals surface area (Å²) < 4.78 is 33.1. The highest BCUT2D eigenvalue weighted by Gasteiger charge is 2.27. The van der Waals surface area contributed by atoms with Gasteiger partial charge in [0.1, 0.15) is 0 Å². The number of methoxy groups -OCH3 is 1. The zero-order valence-corrected chi connectivity index (χ0v) is 11.7. The van der Waals surface area contributed by atoms with E-state index in [4.69, 9.17) is 4.74 Å². The van der Waals surface area contributed by atoms with Crippen molar-refractivity contribution in [3.05, 3.63) is 0 Å². The van der Waals surface area contributed by atoms with Gasteiger partial charge >= 0.3 is 5.97 Å². The fraction of sp³-hybridized carbons (Fsp3) is 0.909. The molecule has 0 bridgehead atoms. The van der Waals surface area contributed by atoms with E-state index in [9.17, 15) is 13.2 Å². The monoisotopic (exact) mass is 279 g/mol. The molecule has 0 radical (unpaired) electrons. The summed E-state index contributed by atoms with van der Waals surface area (Å²) in [7, 11) is -1.66. The van der Waals surface area contributed by atoms with Gasteiger partial charge in [0.2, 0.25) is 0 Å². The van der Waals surface area contributed by atoms with Crippen molar-refractivity contribution in [1.29, 1.82) is 0 Å². The summed E-state index contributed by atoms with van der Waals surface area (Å²) in [4.78, 5) is 13.3. The highest BCUT2D eigenvalue weighted by molar-refractivity contribution is 7.91. The van der Waals surface area contributed by atoms with Crippen LogP contribution < -0.4 is 0 Å². The minimum atomic E-state index is -2.97. The summed E-state index contributed by atoms with van der Waals surface area (Å²) in [5.41, 5.74) is 0. The van der Waals surface area contributed by atoms with Gasteiger partial charge in [-0.25, -0.2) is 13.2 Å². The molecule has 0 aromatic heterocycles. The van der Waals surface area contributed by atoms with Crippen LogP contribution in [0.4, 0.5) is 0 Å². The van der Waals surface area contributed by atoms with Crippen LogP contribution in [0.3, 0.4) is 0 Å². The van der Waals surface area contributed by atoms with Crippen LogP contribution in [0.15, 0.2) is 0 Å². The van der Waals surface area contributed by atoms with Crippen molar-refractivity contribution in [2.75, 3.05) is 44.9 Å². The first kappa shape index (κ1) is 15.4. The van der Waals surface area contributed by atoms with Gasteiger partial charge in [-0.3, -0.25) is 4.90 Å². The molecule has 6 nitrogen and oxygen atoms in total. The topological polar surface area (TPSA) is 72.9 Å². The van der Waals surface area contributed by atoms with Crippen molar-refractivity contribution in [1.82, 2.24) is 4.90 Å². The summed E-state index contributed by atoms with van der Waals surface area (Å²) in [6.07, 6.45) is 0.0357. The molecule has 0 amide bonds. The second-order valence-corrected chi connectivity index (χ2v) is 6.64. The first-order chi connectivity index (χ1) is 8.48. The number of esters is 1. The van der Waals surface area contributed by atoms with Gasteiger partial charge in [-0.05, 0) is 6.42 Å². The quantitative estimate of drug-likeness (QED) is 0.621. The van der Waals surface area contributed by atoms with E-state index in [1.807, 2.05) is 11.8 Å². The number of hydrogen-bond acceptors (Lipinski definition) is 6. The number of rotatable bonds is 6. The Morgan fingerprint density at radius 1 is 1.44 bits per heavy atom.